The lowest BCUT2D eigenvalue weighted by Gasteiger charge is -2.36. The minimum absolute atomic E-state index is 0.0865. The van der Waals surface area contributed by atoms with Crippen molar-refractivity contribution in [2.75, 3.05) is 26.2 Å². The van der Waals surface area contributed by atoms with Crippen molar-refractivity contribution in [3.63, 3.8) is 0 Å². The molecule has 0 aromatic heterocycles. The van der Waals surface area contributed by atoms with Gasteiger partial charge in [0.25, 0.3) is 0 Å². The molecule has 1 saturated heterocycles. The lowest BCUT2D eigenvalue weighted by molar-refractivity contribution is -0.131. The number of rotatable bonds is 6. The number of hydrogen-bond donors (Lipinski definition) is 1. The Kier molecular flexibility index (Phi) is 6.40. The van der Waals surface area contributed by atoms with Gasteiger partial charge in [-0.15, -0.1) is 0 Å². The van der Waals surface area contributed by atoms with Crippen molar-refractivity contribution >= 4 is 5.91 Å². The van der Waals surface area contributed by atoms with Crippen molar-refractivity contribution in [1.29, 1.82) is 0 Å². The number of hydrogen-bond acceptors (Lipinski definition) is 3. The van der Waals surface area contributed by atoms with Gasteiger partial charge in [-0.3, -0.25) is 9.69 Å². The molecule has 0 atom stereocenters. The van der Waals surface area contributed by atoms with Gasteiger partial charge in [0.15, 0.2) is 0 Å². The van der Waals surface area contributed by atoms with Crippen LogP contribution in [0.3, 0.4) is 0 Å². The number of carbonyl (C=O) groups excluding carboxylic acids is 1. The summed E-state index contributed by atoms with van der Waals surface area (Å²) >= 11 is 0. The summed E-state index contributed by atoms with van der Waals surface area (Å²) in [6.07, 6.45) is 2.17. The molecular weight excluding hydrogens is 274 g/mol. The Labute approximate surface area is 134 Å². The standard InChI is InChI=1S/C18H29N3O/c1-15(2)21(13-16-6-4-3-5-7-16)14-17-8-10-20(11-9-17)18(22)12-19/h3-7,15,17H,8-14,19H2,1-2H3. The van der Waals surface area contributed by atoms with Crippen LogP contribution >= 0.6 is 0 Å². The lowest BCUT2D eigenvalue weighted by atomic mass is 9.95. The maximum Gasteiger partial charge on any atom is 0.236 e. The predicted octanol–water partition coefficient (Wildman–Crippen LogP) is 2.09. The molecule has 2 rings (SSSR count). The van der Waals surface area contributed by atoms with E-state index in [0.29, 0.717) is 12.0 Å². The molecule has 1 aliphatic rings. The summed E-state index contributed by atoms with van der Waals surface area (Å²) in [7, 11) is 0. The van der Waals surface area contributed by atoms with Crippen molar-refractivity contribution < 1.29 is 4.79 Å². The summed E-state index contributed by atoms with van der Waals surface area (Å²) in [6, 6.07) is 11.2. The SMILES string of the molecule is CC(C)N(Cc1ccccc1)CC1CCN(C(=O)CN)CC1. The first-order chi connectivity index (χ1) is 10.6. The van der Waals surface area contributed by atoms with Crippen LogP contribution in [-0.2, 0) is 11.3 Å². The fraction of sp³-hybridized carbons (Fsp3) is 0.611. The fourth-order valence-corrected chi connectivity index (χ4v) is 3.10. The minimum Gasteiger partial charge on any atom is -0.342 e. The Bertz CT molecular complexity index is 453. The average Bonchev–Trinajstić information content (AvgIpc) is 2.55. The topological polar surface area (TPSA) is 49.6 Å². The van der Waals surface area contributed by atoms with E-state index < -0.39 is 0 Å². The molecule has 22 heavy (non-hydrogen) atoms. The van der Waals surface area contributed by atoms with Gasteiger partial charge < -0.3 is 10.6 Å². The summed E-state index contributed by atoms with van der Waals surface area (Å²) < 4.78 is 0. The molecule has 2 N–H and O–H groups in total. The van der Waals surface area contributed by atoms with Crippen LogP contribution < -0.4 is 5.73 Å². The van der Waals surface area contributed by atoms with E-state index in [1.54, 1.807) is 0 Å². The molecule has 0 saturated carbocycles. The summed E-state index contributed by atoms with van der Waals surface area (Å²) in [6.45, 7) is 8.48. The van der Waals surface area contributed by atoms with Crippen molar-refractivity contribution in [1.82, 2.24) is 9.80 Å². The highest BCUT2D eigenvalue weighted by Crippen LogP contribution is 2.20. The van der Waals surface area contributed by atoms with E-state index in [2.05, 4.69) is 49.1 Å². The van der Waals surface area contributed by atoms with Gasteiger partial charge in [0.2, 0.25) is 5.91 Å². The smallest absolute Gasteiger partial charge is 0.236 e. The van der Waals surface area contributed by atoms with Gasteiger partial charge in [-0.2, -0.15) is 0 Å². The van der Waals surface area contributed by atoms with Crippen molar-refractivity contribution in [2.45, 2.75) is 39.3 Å². The van der Waals surface area contributed by atoms with E-state index >= 15 is 0 Å². The van der Waals surface area contributed by atoms with E-state index in [1.807, 2.05) is 4.90 Å². The first-order valence-electron chi connectivity index (χ1n) is 8.36. The highest BCUT2D eigenvalue weighted by Gasteiger charge is 2.24. The summed E-state index contributed by atoms with van der Waals surface area (Å²) in [5, 5.41) is 0. The second-order valence-corrected chi connectivity index (χ2v) is 6.54. The first kappa shape index (κ1) is 17.0. The van der Waals surface area contributed by atoms with Crippen molar-refractivity contribution in [3.05, 3.63) is 35.9 Å². The molecule has 1 aromatic carbocycles. The average molecular weight is 303 g/mol. The molecule has 1 fully saturated rings. The second-order valence-electron chi connectivity index (χ2n) is 6.54. The maximum atomic E-state index is 11.6. The van der Waals surface area contributed by atoms with Crippen LogP contribution in [0.25, 0.3) is 0 Å². The molecule has 0 unspecified atom stereocenters. The van der Waals surface area contributed by atoms with Crippen LogP contribution in [-0.4, -0.2) is 47.9 Å². The summed E-state index contributed by atoms with van der Waals surface area (Å²) in [5.41, 5.74) is 6.81. The summed E-state index contributed by atoms with van der Waals surface area (Å²) in [4.78, 5) is 16.1. The molecule has 1 aliphatic heterocycles. The second kappa shape index (κ2) is 8.30. The Hall–Kier alpha value is -1.39. The van der Waals surface area contributed by atoms with Crippen LogP contribution in [0, 0.1) is 5.92 Å². The van der Waals surface area contributed by atoms with Crippen LogP contribution in [0.15, 0.2) is 30.3 Å². The van der Waals surface area contributed by atoms with E-state index in [4.69, 9.17) is 5.73 Å². The van der Waals surface area contributed by atoms with Gasteiger partial charge in [-0.05, 0) is 38.2 Å². The van der Waals surface area contributed by atoms with Gasteiger partial charge in [-0.25, -0.2) is 0 Å². The molecular formula is C18H29N3O. The highest BCUT2D eigenvalue weighted by molar-refractivity contribution is 5.78. The number of nitrogens with zero attached hydrogens (tertiary/aromatic N) is 2. The van der Waals surface area contributed by atoms with E-state index in [9.17, 15) is 4.79 Å². The third-order valence-corrected chi connectivity index (χ3v) is 4.59. The number of piperidine rings is 1. The molecule has 0 aliphatic carbocycles. The van der Waals surface area contributed by atoms with E-state index in [0.717, 1.165) is 39.0 Å². The maximum absolute atomic E-state index is 11.6. The van der Waals surface area contributed by atoms with Gasteiger partial charge in [-0.1, -0.05) is 30.3 Å². The predicted molar refractivity (Wildman–Crippen MR) is 90.3 cm³/mol. The number of carbonyl (C=O) groups is 1. The normalized spacial score (nSPS) is 16.5. The molecule has 122 valence electrons. The van der Waals surface area contributed by atoms with Crippen LogP contribution in [0.1, 0.15) is 32.3 Å². The third-order valence-electron chi connectivity index (χ3n) is 4.59. The Morgan fingerprint density at radius 1 is 1.27 bits per heavy atom. The van der Waals surface area contributed by atoms with Gasteiger partial charge >= 0.3 is 0 Å². The number of likely N-dealkylation sites (tertiary alicyclic amines) is 1. The molecule has 0 bridgehead atoms. The van der Waals surface area contributed by atoms with E-state index in [-0.39, 0.29) is 12.5 Å². The molecule has 1 amide bonds. The number of amides is 1. The molecule has 4 nitrogen and oxygen atoms in total. The third kappa shape index (κ3) is 4.82. The molecule has 0 radical (unpaired) electrons. The number of benzene rings is 1. The van der Waals surface area contributed by atoms with Gasteiger partial charge in [0.05, 0.1) is 6.54 Å². The molecule has 1 heterocycles. The zero-order chi connectivity index (χ0) is 15.9. The Balaban J connectivity index is 1.86. The highest BCUT2D eigenvalue weighted by atomic mass is 16.2. The zero-order valence-electron chi connectivity index (χ0n) is 13.9. The van der Waals surface area contributed by atoms with E-state index in [1.165, 1.54) is 5.56 Å². The fourth-order valence-electron chi connectivity index (χ4n) is 3.10. The summed E-state index contributed by atoms with van der Waals surface area (Å²) in [5.74, 6) is 0.761. The first-order valence-corrected chi connectivity index (χ1v) is 8.36. The minimum atomic E-state index is 0.0865. The Morgan fingerprint density at radius 3 is 2.45 bits per heavy atom. The molecule has 0 spiro atoms. The molecule has 1 aromatic rings. The number of nitrogens with two attached hydrogens (primary N) is 1. The zero-order valence-corrected chi connectivity index (χ0v) is 13.9. The van der Waals surface area contributed by atoms with Crippen molar-refractivity contribution in [3.8, 4) is 0 Å². The quantitative estimate of drug-likeness (QED) is 0.875. The largest absolute Gasteiger partial charge is 0.342 e. The van der Waals surface area contributed by atoms with Crippen LogP contribution in [0.2, 0.25) is 0 Å². The van der Waals surface area contributed by atoms with Crippen molar-refractivity contribution in [2.24, 2.45) is 11.7 Å². The Morgan fingerprint density at radius 2 is 1.91 bits per heavy atom. The monoisotopic (exact) mass is 303 g/mol. The lowest BCUT2D eigenvalue weighted by Crippen LogP contribution is -2.44. The van der Waals surface area contributed by atoms with Crippen LogP contribution in [0.4, 0.5) is 0 Å². The van der Waals surface area contributed by atoms with Gasteiger partial charge in [0.1, 0.15) is 0 Å². The van der Waals surface area contributed by atoms with Gasteiger partial charge in [0, 0.05) is 32.2 Å². The van der Waals surface area contributed by atoms with Crippen LogP contribution in [0.5, 0.6) is 0 Å². The molecule has 4 heteroatoms.